The predicted molar refractivity (Wildman–Crippen MR) is 91.9 cm³/mol. The van der Waals surface area contributed by atoms with Gasteiger partial charge in [-0.1, -0.05) is 0 Å². The Hall–Kier alpha value is -2.20. The van der Waals surface area contributed by atoms with E-state index in [1.165, 1.54) is 0 Å². The van der Waals surface area contributed by atoms with Crippen molar-refractivity contribution in [1.82, 2.24) is 20.6 Å². The molecule has 25 heavy (non-hydrogen) atoms. The molecular weight excluding hydrogens is 326 g/mol. The highest BCUT2D eigenvalue weighted by Gasteiger charge is 2.43. The van der Waals surface area contributed by atoms with Gasteiger partial charge in [0.1, 0.15) is 12.2 Å². The number of hydrogen-bond acceptors (Lipinski definition) is 7. The molecule has 2 aromatic heterocycles. The second-order valence-electron chi connectivity index (χ2n) is 6.11. The van der Waals surface area contributed by atoms with Gasteiger partial charge in [0, 0.05) is 12.4 Å². The molecule has 2 aromatic rings. The molecule has 3 heterocycles. The fourth-order valence-corrected chi connectivity index (χ4v) is 3.02. The van der Waals surface area contributed by atoms with Crippen LogP contribution in [-0.4, -0.2) is 70.3 Å². The van der Waals surface area contributed by atoms with Crippen LogP contribution in [0.15, 0.2) is 24.5 Å². The number of likely N-dealkylation sites (N-methyl/N-ethyl adjacent to an activating group) is 1. The van der Waals surface area contributed by atoms with Gasteiger partial charge in [0.25, 0.3) is 0 Å². The first kappa shape index (κ1) is 17.6. The van der Waals surface area contributed by atoms with Gasteiger partial charge in [-0.05, 0) is 26.1 Å². The summed E-state index contributed by atoms with van der Waals surface area (Å²) in [6.07, 6.45) is -0.272. The molecule has 1 saturated heterocycles. The van der Waals surface area contributed by atoms with Crippen LogP contribution in [0.5, 0.6) is 0 Å². The van der Waals surface area contributed by atoms with Crippen molar-refractivity contribution in [2.45, 2.75) is 37.5 Å². The minimum Gasteiger partial charge on any atom is -0.388 e. The number of aromatic amines is 1. The number of hydrogen-bond donors (Lipinski definition) is 6. The van der Waals surface area contributed by atoms with E-state index in [1.807, 2.05) is 6.07 Å². The quantitative estimate of drug-likeness (QED) is 0.414. The zero-order valence-electron chi connectivity index (χ0n) is 14.1. The first-order valence-electron chi connectivity index (χ1n) is 8.15. The van der Waals surface area contributed by atoms with Gasteiger partial charge in [0.05, 0.1) is 35.4 Å². The number of carbonyl (C=O) groups is 1. The molecule has 1 aliphatic heterocycles. The van der Waals surface area contributed by atoms with E-state index in [1.54, 1.807) is 32.4 Å². The number of nitrogens with zero attached hydrogens (tertiary/aromatic N) is 1. The van der Waals surface area contributed by atoms with Gasteiger partial charge >= 0.3 is 0 Å². The number of carbonyl (C=O) groups excluding carboxylic acids is 1. The van der Waals surface area contributed by atoms with Crippen LogP contribution in [-0.2, 0) is 9.53 Å². The number of anilines is 1. The number of ether oxygens (including phenoxy) is 1. The minimum atomic E-state index is -1.21. The van der Waals surface area contributed by atoms with Crippen LogP contribution in [0, 0.1) is 0 Å². The second-order valence-corrected chi connectivity index (χ2v) is 6.11. The molecule has 1 aliphatic rings. The van der Waals surface area contributed by atoms with Gasteiger partial charge in [-0.3, -0.25) is 9.78 Å². The molecule has 1 amide bonds. The highest BCUT2D eigenvalue weighted by Crippen LogP contribution is 2.26. The highest BCUT2D eigenvalue weighted by molar-refractivity contribution is 5.87. The number of amides is 1. The molecule has 136 valence electrons. The minimum absolute atomic E-state index is 0.121. The number of aliphatic hydroxyl groups is 2. The van der Waals surface area contributed by atoms with Crippen LogP contribution in [0.4, 0.5) is 5.69 Å². The van der Waals surface area contributed by atoms with Crippen LogP contribution in [0.25, 0.3) is 11.0 Å². The third-order valence-corrected chi connectivity index (χ3v) is 4.31. The summed E-state index contributed by atoms with van der Waals surface area (Å²) in [5, 5.41) is 29.3. The van der Waals surface area contributed by atoms with Crippen molar-refractivity contribution in [3.63, 3.8) is 0 Å². The SMILES string of the molecule is CNCC(=O)N[C@@H]1[C@@H](O)[C@@H](O)[C@@H](Nc2ccnc3cc[nH]c23)O[C@H]1C. The van der Waals surface area contributed by atoms with E-state index in [2.05, 4.69) is 25.9 Å². The topological polar surface area (TPSA) is 132 Å². The Morgan fingerprint density at radius 1 is 1.36 bits per heavy atom. The smallest absolute Gasteiger partial charge is 0.234 e. The molecule has 1 fully saturated rings. The van der Waals surface area contributed by atoms with E-state index >= 15 is 0 Å². The third kappa shape index (κ3) is 3.59. The van der Waals surface area contributed by atoms with Crippen molar-refractivity contribution < 1.29 is 19.7 Å². The van der Waals surface area contributed by atoms with E-state index in [0.717, 1.165) is 11.0 Å². The van der Waals surface area contributed by atoms with E-state index < -0.39 is 30.6 Å². The predicted octanol–water partition coefficient (Wildman–Crippen LogP) is -0.854. The number of nitrogens with one attached hydrogen (secondary N) is 4. The van der Waals surface area contributed by atoms with Crippen LogP contribution in [0.1, 0.15) is 6.92 Å². The molecule has 5 atom stereocenters. The Morgan fingerprint density at radius 3 is 2.92 bits per heavy atom. The normalized spacial score (nSPS) is 29.5. The van der Waals surface area contributed by atoms with Crippen LogP contribution >= 0.6 is 0 Å². The largest absolute Gasteiger partial charge is 0.388 e. The molecular formula is C16H23N5O4. The summed E-state index contributed by atoms with van der Waals surface area (Å²) in [7, 11) is 1.65. The Labute approximate surface area is 144 Å². The third-order valence-electron chi connectivity index (χ3n) is 4.31. The number of rotatable bonds is 5. The van der Waals surface area contributed by atoms with Crippen molar-refractivity contribution in [2.24, 2.45) is 0 Å². The van der Waals surface area contributed by atoms with E-state index in [0.29, 0.717) is 5.69 Å². The monoisotopic (exact) mass is 349 g/mol. The molecule has 0 aromatic carbocycles. The Balaban J connectivity index is 1.72. The Kier molecular flexibility index (Phi) is 5.19. The molecule has 0 spiro atoms. The van der Waals surface area contributed by atoms with Crippen LogP contribution < -0.4 is 16.0 Å². The molecule has 9 heteroatoms. The lowest BCUT2D eigenvalue weighted by Gasteiger charge is -2.42. The summed E-state index contributed by atoms with van der Waals surface area (Å²) in [5.41, 5.74) is 2.27. The van der Waals surface area contributed by atoms with Crippen LogP contribution in [0.3, 0.4) is 0 Å². The van der Waals surface area contributed by atoms with Crippen molar-refractivity contribution >= 4 is 22.6 Å². The Morgan fingerprint density at radius 2 is 2.16 bits per heavy atom. The maximum absolute atomic E-state index is 11.7. The first-order valence-corrected chi connectivity index (χ1v) is 8.15. The van der Waals surface area contributed by atoms with E-state index in [9.17, 15) is 15.0 Å². The Bertz CT molecular complexity index is 736. The van der Waals surface area contributed by atoms with E-state index in [-0.39, 0.29) is 12.5 Å². The lowest BCUT2D eigenvalue weighted by Crippen LogP contribution is -2.64. The van der Waals surface area contributed by atoms with Crippen molar-refractivity contribution in [3.05, 3.63) is 24.5 Å². The molecule has 0 radical (unpaired) electrons. The maximum Gasteiger partial charge on any atom is 0.234 e. The van der Waals surface area contributed by atoms with Gasteiger partial charge in [0.2, 0.25) is 5.91 Å². The summed E-state index contributed by atoms with van der Waals surface area (Å²) in [4.78, 5) is 19.1. The van der Waals surface area contributed by atoms with Gasteiger partial charge in [-0.25, -0.2) is 0 Å². The summed E-state index contributed by atoms with van der Waals surface area (Å²) in [6.45, 7) is 1.86. The van der Waals surface area contributed by atoms with Gasteiger partial charge < -0.3 is 35.9 Å². The zero-order chi connectivity index (χ0) is 18.0. The molecule has 0 bridgehead atoms. The average Bonchev–Trinajstić information content (AvgIpc) is 3.06. The van der Waals surface area contributed by atoms with Gasteiger partial charge in [0.15, 0.2) is 6.23 Å². The maximum atomic E-state index is 11.7. The van der Waals surface area contributed by atoms with Crippen molar-refractivity contribution in [3.8, 4) is 0 Å². The molecule has 3 rings (SSSR count). The molecule has 0 aliphatic carbocycles. The summed E-state index contributed by atoms with van der Waals surface area (Å²) >= 11 is 0. The van der Waals surface area contributed by atoms with Crippen molar-refractivity contribution in [1.29, 1.82) is 0 Å². The fraction of sp³-hybridized carbons (Fsp3) is 0.500. The summed E-state index contributed by atoms with van der Waals surface area (Å²) in [5.74, 6) is -0.275. The number of aromatic nitrogens is 2. The standard InChI is InChI=1S/C16H23N5O4/c1-8-12(21-11(22)7-17-2)14(23)15(24)16(25-8)20-10-4-5-18-9-3-6-19-13(9)10/h3-6,8,12,14-17,19,23-24H,7H2,1-2H3,(H,18,20)(H,21,22)/t8-,12-,14+,15+,16-/m0/s1. The summed E-state index contributed by atoms with van der Waals surface area (Å²) in [6, 6.07) is 2.90. The van der Waals surface area contributed by atoms with E-state index in [4.69, 9.17) is 4.74 Å². The van der Waals surface area contributed by atoms with Gasteiger partial charge in [-0.15, -0.1) is 0 Å². The average molecular weight is 349 g/mol. The number of pyridine rings is 1. The molecule has 9 nitrogen and oxygen atoms in total. The molecule has 0 unspecified atom stereocenters. The highest BCUT2D eigenvalue weighted by atomic mass is 16.5. The number of fused-ring (bicyclic) bond motifs is 1. The molecule has 6 N–H and O–H groups in total. The van der Waals surface area contributed by atoms with Gasteiger partial charge in [-0.2, -0.15) is 0 Å². The second kappa shape index (κ2) is 7.36. The number of aliphatic hydroxyl groups excluding tert-OH is 2. The van der Waals surface area contributed by atoms with Crippen LogP contribution in [0.2, 0.25) is 0 Å². The summed E-state index contributed by atoms with van der Waals surface area (Å²) < 4.78 is 5.80. The zero-order valence-corrected chi connectivity index (χ0v) is 14.1. The lowest BCUT2D eigenvalue weighted by molar-refractivity contribution is -0.172. The fourth-order valence-electron chi connectivity index (χ4n) is 3.02. The lowest BCUT2D eigenvalue weighted by atomic mass is 9.96. The van der Waals surface area contributed by atoms with Crippen molar-refractivity contribution in [2.75, 3.05) is 18.9 Å². The first-order chi connectivity index (χ1) is 12.0. The molecule has 0 saturated carbocycles. The number of H-pyrrole nitrogens is 1.